The first-order valence-electron chi connectivity index (χ1n) is 18.6. The Hall–Kier alpha value is -4.46. The number of amides is 1. The Morgan fingerprint density at radius 1 is 0.962 bits per heavy atom. The van der Waals surface area contributed by atoms with Gasteiger partial charge in [0.1, 0.15) is 11.3 Å². The average Bonchev–Trinajstić information content (AvgIpc) is 3.84. The summed E-state index contributed by atoms with van der Waals surface area (Å²) in [7, 11) is 2.14. The lowest BCUT2D eigenvalue weighted by Gasteiger charge is -2.54. The van der Waals surface area contributed by atoms with Crippen LogP contribution in [0.4, 0.5) is 29.3 Å². The minimum absolute atomic E-state index is 0.112. The van der Waals surface area contributed by atoms with Gasteiger partial charge in [-0.1, -0.05) is 12.6 Å². The first-order valence-corrected chi connectivity index (χ1v) is 18.6. The molecule has 1 saturated carbocycles. The van der Waals surface area contributed by atoms with Crippen molar-refractivity contribution in [3.63, 3.8) is 0 Å². The largest absolute Gasteiger partial charge is 0.481 e. The minimum atomic E-state index is -4.57. The SMILES string of the molecule is C=C(F)C(=O)N1CC2(CCN(c3nc(N4CC5(CCN(C)CC5)C4)nc4c(OCC(F)(F)F)c(-c5c(C)ccc6[nH]ncc56)c(C5CC5)cc34)CC2)C1. The van der Waals surface area contributed by atoms with Crippen LogP contribution < -0.4 is 14.5 Å². The Bertz CT molecular complexity index is 2110. The molecule has 0 radical (unpaired) electrons. The Balaban J connectivity index is 1.18. The van der Waals surface area contributed by atoms with Gasteiger partial charge in [0.2, 0.25) is 5.95 Å². The zero-order chi connectivity index (χ0) is 36.9. The molecule has 0 bridgehead atoms. The summed E-state index contributed by atoms with van der Waals surface area (Å²) in [5.74, 6) is -0.121. The van der Waals surface area contributed by atoms with Gasteiger partial charge in [0.25, 0.3) is 5.91 Å². The van der Waals surface area contributed by atoms with Gasteiger partial charge in [0, 0.05) is 66.4 Å². The third kappa shape index (κ3) is 6.06. The lowest BCUT2D eigenvalue weighted by atomic mass is 9.72. The fraction of sp³-hybridized carbons (Fsp3) is 0.538. The number of anilines is 2. The summed E-state index contributed by atoms with van der Waals surface area (Å²) in [4.78, 5) is 30.8. The molecular weight excluding hydrogens is 688 g/mol. The van der Waals surface area contributed by atoms with E-state index in [0.29, 0.717) is 54.4 Å². The molecule has 4 aliphatic heterocycles. The molecule has 0 unspecified atom stereocenters. The van der Waals surface area contributed by atoms with Gasteiger partial charge in [0.15, 0.2) is 18.2 Å². The van der Waals surface area contributed by atoms with E-state index in [1.807, 2.05) is 19.1 Å². The number of carbonyl (C=O) groups is 1. The van der Waals surface area contributed by atoms with Crippen LogP contribution in [0, 0.1) is 17.8 Å². The number of fused-ring (bicyclic) bond motifs is 2. The Kier molecular flexibility index (Phi) is 7.96. The molecule has 1 aliphatic carbocycles. The van der Waals surface area contributed by atoms with Crippen LogP contribution in [0.25, 0.3) is 32.9 Å². The number of hydrogen-bond acceptors (Lipinski definition) is 8. The predicted molar refractivity (Wildman–Crippen MR) is 195 cm³/mol. The third-order valence-electron chi connectivity index (χ3n) is 12.5. The molecule has 280 valence electrons. The molecule has 2 spiro atoms. The average molecular weight is 733 g/mol. The number of aromatic nitrogens is 4. The number of piperidine rings is 2. The maximum atomic E-state index is 14.1. The molecule has 5 aliphatic rings. The number of alkyl halides is 3. The van der Waals surface area contributed by atoms with E-state index in [9.17, 15) is 22.4 Å². The van der Waals surface area contributed by atoms with Gasteiger partial charge in [-0.2, -0.15) is 23.3 Å². The second-order valence-corrected chi connectivity index (χ2v) is 16.4. The van der Waals surface area contributed by atoms with E-state index in [1.165, 1.54) is 4.90 Å². The van der Waals surface area contributed by atoms with Crippen molar-refractivity contribution < 1.29 is 27.1 Å². The van der Waals surface area contributed by atoms with Crippen molar-refractivity contribution >= 4 is 39.5 Å². The number of hydrogen-bond donors (Lipinski definition) is 1. The highest BCUT2D eigenvalue weighted by atomic mass is 19.4. The maximum Gasteiger partial charge on any atom is 0.422 e. The Morgan fingerprint density at radius 2 is 1.64 bits per heavy atom. The van der Waals surface area contributed by atoms with Crippen molar-refractivity contribution in [1.82, 2.24) is 30.0 Å². The van der Waals surface area contributed by atoms with E-state index in [0.717, 1.165) is 92.3 Å². The third-order valence-corrected chi connectivity index (χ3v) is 12.5. The lowest BCUT2D eigenvalue weighted by Crippen LogP contribution is -2.62. The van der Waals surface area contributed by atoms with Crippen LogP contribution in [0.3, 0.4) is 0 Å². The quantitative estimate of drug-likeness (QED) is 0.165. The van der Waals surface area contributed by atoms with Crippen LogP contribution in [0.5, 0.6) is 5.75 Å². The number of nitrogens with one attached hydrogen (secondary N) is 1. The Morgan fingerprint density at radius 3 is 2.30 bits per heavy atom. The van der Waals surface area contributed by atoms with E-state index in [4.69, 9.17) is 14.7 Å². The van der Waals surface area contributed by atoms with Gasteiger partial charge >= 0.3 is 6.18 Å². The van der Waals surface area contributed by atoms with Crippen molar-refractivity contribution in [2.45, 2.75) is 57.5 Å². The molecule has 4 aromatic rings. The number of benzene rings is 2. The van der Waals surface area contributed by atoms with Gasteiger partial charge in [-0.15, -0.1) is 0 Å². The standard InChI is InChI=1S/C39H44F4N8O2/c1-23-4-7-29-28(17-44-47-29)30(23)31-26(25-5-6-25)16-27-32(33(31)53-22-39(41,42)43)45-36(51-20-37(21-51)8-12-48(3)13-9-37)46-34(27)49-14-10-38(11-15-49)18-50(19-38)35(52)24(2)40/h4,7,16-17,25H,2,5-6,8-15,18-22H2,1,3H3,(H,44,47). The first kappa shape index (κ1) is 34.3. The minimum Gasteiger partial charge on any atom is -0.481 e. The van der Waals surface area contributed by atoms with Crippen molar-refractivity contribution in [2.24, 2.45) is 10.8 Å². The summed E-state index contributed by atoms with van der Waals surface area (Å²) in [5.41, 5.74) is 4.51. The van der Waals surface area contributed by atoms with Crippen molar-refractivity contribution in [3.8, 4) is 16.9 Å². The molecule has 1 N–H and O–H groups in total. The molecule has 53 heavy (non-hydrogen) atoms. The van der Waals surface area contributed by atoms with Crippen LogP contribution in [-0.4, -0.2) is 108 Å². The van der Waals surface area contributed by atoms with Gasteiger partial charge < -0.3 is 24.3 Å². The number of aryl methyl sites for hydroxylation is 1. The summed E-state index contributed by atoms with van der Waals surface area (Å²) in [6.45, 7) is 9.54. The van der Waals surface area contributed by atoms with E-state index in [2.05, 4.69) is 44.6 Å². The maximum absolute atomic E-state index is 14.1. The van der Waals surface area contributed by atoms with Gasteiger partial charge in [0.05, 0.1) is 11.7 Å². The van der Waals surface area contributed by atoms with Crippen molar-refractivity contribution in [2.75, 3.05) is 75.8 Å². The van der Waals surface area contributed by atoms with E-state index in [-0.39, 0.29) is 22.5 Å². The fourth-order valence-electron chi connectivity index (χ4n) is 9.24. The van der Waals surface area contributed by atoms with Crippen LogP contribution in [-0.2, 0) is 4.79 Å². The number of halogens is 4. The first-order chi connectivity index (χ1) is 25.3. The van der Waals surface area contributed by atoms with Crippen molar-refractivity contribution in [3.05, 3.63) is 47.9 Å². The molecule has 0 atom stereocenters. The van der Waals surface area contributed by atoms with Crippen molar-refractivity contribution in [1.29, 1.82) is 0 Å². The van der Waals surface area contributed by atoms with E-state index < -0.39 is 24.5 Å². The molecule has 6 heterocycles. The second kappa shape index (κ2) is 12.3. The number of H-pyrrole nitrogens is 1. The normalized spacial score (nSPS) is 21.4. The van der Waals surface area contributed by atoms with Crippen LogP contribution in [0.15, 0.2) is 36.8 Å². The topological polar surface area (TPSA) is 93.7 Å². The number of carbonyl (C=O) groups excluding carboxylic acids is 1. The summed E-state index contributed by atoms with van der Waals surface area (Å²) < 4.78 is 61.8. The van der Waals surface area contributed by atoms with Gasteiger partial charge in [-0.25, -0.2) is 9.37 Å². The summed E-state index contributed by atoms with van der Waals surface area (Å²) in [5, 5.41) is 8.81. The molecule has 10 nitrogen and oxygen atoms in total. The summed E-state index contributed by atoms with van der Waals surface area (Å²) >= 11 is 0. The highest BCUT2D eigenvalue weighted by Gasteiger charge is 2.49. The number of nitrogens with zero attached hydrogens (tertiary/aromatic N) is 7. The molecule has 2 aromatic carbocycles. The van der Waals surface area contributed by atoms with E-state index in [1.54, 1.807) is 6.20 Å². The zero-order valence-corrected chi connectivity index (χ0v) is 30.2. The summed E-state index contributed by atoms with van der Waals surface area (Å²) in [6, 6.07) is 6.00. The zero-order valence-electron chi connectivity index (χ0n) is 30.2. The summed E-state index contributed by atoms with van der Waals surface area (Å²) in [6.07, 6.45) is 2.69. The molecule has 9 rings (SSSR count). The highest BCUT2D eigenvalue weighted by molar-refractivity contribution is 6.06. The predicted octanol–water partition coefficient (Wildman–Crippen LogP) is 6.74. The molecular formula is C39H44F4N8O2. The van der Waals surface area contributed by atoms with Gasteiger partial charge in [-0.05, 0) is 100 Å². The van der Waals surface area contributed by atoms with E-state index >= 15 is 0 Å². The van der Waals surface area contributed by atoms with Crippen LogP contribution >= 0.6 is 0 Å². The molecule has 1 amide bonds. The number of aromatic amines is 1. The molecule has 5 fully saturated rings. The fourth-order valence-corrected chi connectivity index (χ4v) is 9.24. The Labute approximate surface area is 305 Å². The lowest BCUT2D eigenvalue weighted by molar-refractivity contribution is -0.153. The number of ether oxygens (including phenoxy) is 1. The second-order valence-electron chi connectivity index (χ2n) is 16.4. The number of rotatable bonds is 7. The van der Waals surface area contributed by atoms with Gasteiger partial charge in [-0.3, -0.25) is 9.89 Å². The molecule has 14 heteroatoms. The highest BCUT2D eigenvalue weighted by Crippen LogP contribution is 2.54. The molecule has 4 saturated heterocycles. The van der Waals surface area contributed by atoms with Crippen LogP contribution in [0.2, 0.25) is 0 Å². The molecule has 2 aromatic heterocycles. The number of likely N-dealkylation sites (tertiary alicyclic amines) is 2. The monoisotopic (exact) mass is 732 g/mol. The van der Waals surface area contributed by atoms with Crippen LogP contribution in [0.1, 0.15) is 55.6 Å². The smallest absolute Gasteiger partial charge is 0.422 e.